The Morgan fingerprint density at radius 3 is 2.62 bits per heavy atom. The quantitative estimate of drug-likeness (QED) is 0.466. The van der Waals surface area contributed by atoms with Crippen LogP contribution in [0.4, 0.5) is 0 Å². The van der Waals surface area contributed by atoms with Crippen molar-refractivity contribution in [2.45, 2.75) is 58.3 Å². The van der Waals surface area contributed by atoms with Crippen LogP contribution in [0.3, 0.4) is 0 Å². The van der Waals surface area contributed by atoms with Crippen molar-refractivity contribution in [3.8, 4) is 0 Å². The zero-order valence-corrected chi connectivity index (χ0v) is 11.5. The molecular weight excluding hydrogens is 220 g/mol. The second-order valence-electron chi connectivity index (χ2n) is 5.80. The Balaban J connectivity index is 2.44. The van der Waals surface area contributed by atoms with Crippen LogP contribution in [0.15, 0.2) is 11.6 Å². The molecule has 1 aliphatic rings. The summed E-state index contributed by atoms with van der Waals surface area (Å²) < 4.78 is 5.07. The predicted octanol–water partition coefficient (Wildman–Crippen LogP) is 3.37. The van der Waals surface area contributed by atoms with Crippen LogP contribution >= 0.6 is 12.6 Å². The van der Waals surface area contributed by atoms with Gasteiger partial charge in [0, 0.05) is 17.2 Å². The van der Waals surface area contributed by atoms with Crippen molar-refractivity contribution in [2.24, 2.45) is 5.41 Å². The molecule has 16 heavy (non-hydrogen) atoms. The molecule has 0 aromatic carbocycles. The monoisotopic (exact) mass is 242 g/mol. The van der Waals surface area contributed by atoms with E-state index in [1.807, 2.05) is 13.0 Å². The Bertz CT molecular complexity index is 289. The van der Waals surface area contributed by atoms with Gasteiger partial charge >= 0.3 is 5.97 Å². The molecule has 3 heteroatoms. The first-order valence-corrected chi connectivity index (χ1v) is 6.37. The molecule has 0 bridgehead atoms. The van der Waals surface area contributed by atoms with Gasteiger partial charge in [0.25, 0.3) is 0 Å². The Kier molecular flexibility index (Phi) is 4.48. The molecule has 1 fully saturated rings. The Morgan fingerprint density at radius 2 is 2.19 bits per heavy atom. The molecule has 0 spiro atoms. The van der Waals surface area contributed by atoms with Crippen molar-refractivity contribution >= 4 is 18.6 Å². The fourth-order valence-corrected chi connectivity index (χ4v) is 2.58. The van der Waals surface area contributed by atoms with Crippen LogP contribution in [0.5, 0.6) is 0 Å². The van der Waals surface area contributed by atoms with Crippen LogP contribution in [0.1, 0.15) is 47.0 Å². The summed E-state index contributed by atoms with van der Waals surface area (Å²) in [5.74, 6) is -0.149. The van der Waals surface area contributed by atoms with E-state index in [4.69, 9.17) is 4.74 Å². The molecule has 2 nitrogen and oxygen atoms in total. The summed E-state index contributed by atoms with van der Waals surface area (Å²) in [6, 6.07) is 0. The minimum Gasteiger partial charge on any atom is -0.459 e. The Hall–Kier alpha value is -0.440. The topological polar surface area (TPSA) is 26.3 Å². The maximum atomic E-state index is 11.4. The third-order valence-corrected chi connectivity index (χ3v) is 2.96. The van der Waals surface area contributed by atoms with Crippen LogP contribution < -0.4 is 0 Å². The molecular formula is C13H22O2S. The van der Waals surface area contributed by atoms with E-state index >= 15 is 0 Å². The second-order valence-corrected chi connectivity index (χ2v) is 6.53. The number of cyclic esters (lactones) is 1. The zero-order chi connectivity index (χ0) is 12.3. The largest absolute Gasteiger partial charge is 0.459 e. The van der Waals surface area contributed by atoms with Crippen molar-refractivity contribution < 1.29 is 9.53 Å². The molecule has 0 aromatic rings. The van der Waals surface area contributed by atoms with Gasteiger partial charge in [0.15, 0.2) is 0 Å². The smallest absolute Gasteiger partial charge is 0.334 e. The van der Waals surface area contributed by atoms with Crippen LogP contribution in [0.2, 0.25) is 0 Å². The highest BCUT2D eigenvalue weighted by Gasteiger charge is 2.25. The number of carbonyl (C=O) groups excluding carboxylic acids is 1. The highest BCUT2D eigenvalue weighted by Crippen LogP contribution is 2.27. The van der Waals surface area contributed by atoms with Crippen molar-refractivity contribution in [2.75, 3.05) is 0 Å². The van der Waals surface area contributed by atoms with E-state index in [0.29, 0.717) is 5.25 Å². The van der Waals surface area contributed by atoms with Crippen molar-refractivity contribution in [1.82, 2.24) is 0 Å². The van der Waals surface area contributed by atoms with Crippen molar-refractivity contribution in [3.05, 3.63) is 11.6 Å². The molecule has 0 aliphatic carbocycles. The SMILES string of the molecule is C[C@@H]1C/C(=C/CC(S)CC(C)(C)C)C(=O)O1. The standard InChI is InChI=1S/C13H22O2S/c1-9-7-10(12(14)15-9)5-6-11(16)8-13(2,3)4/h5,9,11,16H,6-8H2,1-4H3/b10-5-/t9-,11?/m1/s1. The molecule has 0 saturated carbocycles. The van der Waals surface area contributed by atoms with Gasteiger partial charge in [-0.15, -0.1) is 0 Å². The molecule has 1 heterocycles. The lowest BCUT2D eigenvalue weighted by Crippen LogP contribution is -2.13. The number of hydrogen-bond acceptors (Lipinski definition) is 3. The zero-order valence-electron chi connectivity index (χ0n) is 10.6. The van der Waals surface area contributed by atoms with Gasteiger partial charge in [-0.1, -0.05) is 26.8 Å². The van der Waals surface area contributed by atoms with Crippen molar-refractivity contribution in [1.29, 1.82) is 0 Å². The fourth-order valence-electron chi connectivity index (χ4n) is 1.93. The van der Waals surface area contributed by atoms with E-state index in [1.54, 1.807) is 0 Å². The number of hydrogen-bond donors (Lipinski definition) is 1. The summed E-state index contributed by atoms with van der Waals surface area (Å²) in [6.07, 6.45) is 4.67. The van der Waals surface area contributed by atoms with Gasteiger partial charge in [-0.05, 0) is 25.2 Å². The first kappa shape index (κ1) is 13.6. The summed E-state index contributed by atoms with van der Waals surface area (Å²) in [4.78, 5) is 11.4. The number of allylic oxidation sites excluding steroid dienone is 1. The van der Waals surface area contributed by atoms with Crippen LogP contribution in [0, 0.1) is 5.41 Å². The molecule has 1 saturated heterocycles. The van der Waals surface area contributed by atoms with Crippen LogP contribution in [0.25, 0.3) is 0 Å². The van der Waals surface area contributed by atoms with Gasteiger partial charge in [-0.3, -0.25) is 0 Å². The minimum absolute atomic E-state index is 0.0414. The summed E-state index contributed by atoms with van der Waals surface area (Å²) in [7, 11) is 0. The minimum atomic E-state index is -0.149. The molecule has 2 atom stereocenters. The van der Waals surface area contributed by atoms with E-state index < -0.39 is 0 Å². The van der Waals surface area contributed by atoms with Gasteiger partial charge in [-0.2, -0.15) is 12.6 Å². The normalized spacial score (nSPS) is 25.9. The van der Waals surface area contributed by atoms with Gasteiger partial charge < -0.3 is 4.74 Å². The maximum Gasteiger partial charge on any atom is 0.334 e. The first-order valence-electron chi connectivity index (χ1n) is 5.86. The average molecular weight is 242 g/mol. The van der Waals surface area contributed by atoms with Gasteiger partial charge in [-0.25, -0.2) is 4.79 Å². The van der Waals surface area contributed by atoms with Crippen LogP contribution in [-0.2, 0) is 9.53 Å². The lowest BCUT2D eigenvalue weighted by atomic mass is 9.89. The molecule has 92 valence electrons. The van der Waals surface area contributed by atoms with E-state index in [1.165, 1.54) is 0 Å². The number of ether oxygens (including phenoxy) is 1. The average Bonchev–Trinajstić information content (AvgIpc) is 2.38. The van der Waals surface area contributed by atoms with Gasteiger partial charge in [0.05, 0.1) is 0 Å². The van der Waals surface area contributed by atoms with E-state index in [9.17, 15) is 4.79 Å². The third-order valence-electron chi connectivity index (χ3n) is 2.56. The highest BCUT2D eigenvalue weighted by atomic mass is 32.1. The lowest BCUT2D eigenvalue weighted by molar-refractivity contribution is -0.138. The van der Waals surface area contributed by atoms with Gasteiger partial charge in [0.2, 0.25) is 0 Å². The lowest BCUT2D eigenvalue weighted by Gasteiger charge is -2.21. The number of carbonyl (C=O) groups is 1. The highest BCUT2D eigenvalue weighted by molar-refractivity contribution is 7.80. The number of rotatable bonds is 3. The summed E-state index contributed by atoms with van der Waals surface area (Å²) in [6.45, 7) is 8.53. The molecule has 1 aliphatic heterocycles. The molecule has 0 amide bonds. The van der Waals surface area contributed by atoms with Gasteiger partial charge in [0.1, 0.15) is 6.10 Å². The molecule has 1 unspecified atom stereocenters. The fraction of sp³-hybridized carbons (Fsp3) is 0.769. The van der Waals surface area contributed by atoms with E-state index in [2.05, 4.69) is 33.4 Å². The second kappa shape index (κ2) is 5.26. The van der Waals surface area contributed by atoms with Crippen LogP contribution in [-0.4, -0.2) is 17.3 Å². The molecule has 0 N–H and O–H groups in total. The van der Waals surface area contributed by atoms with E-state index in [-0.39, 0.29) is 17.5 Å². The predicted molar refractivity (Wildman–Crippen MR) is 69.7 cm³/mol. The molecule has 1 rings (SSSR count). The van der Waals surface area contributed by atoms with E-state index in [0.717, 1.165) is 24.8 Å². The summed E-state index contributed by atoms with van der Waals surface area (Å²) in [5.41, 5.74) is 1.11. The van der Waals surface area contributed by atoms with Crippen molar-refractivity contribution in [3.63, 3.8) is 0 Å². The Labute approximate surface area is 104 Å². The maximum absolute atomic E-state index is 11.4. The third kappa shape index (κ3) is 4.60. The summed E-state index contributed by atoms with van der Waals surface area (Å²) in [5, 5.41) is 0.316. The summed E-state index contributed by atoms with van der Waals surface area (Å²) >= 11 is 4.55. The number of thiol groups is 1. The molecule has 0 aromatic heterocycles. The first-order chi connectivity index (χ1) is 7.28. The Morgan fingerprint density at radius 1 is 1.56 bits per heavy atom. The molecule has 0 radical (unpaired) electrons. The number of esters is 1.